The topological polar surface area (TPSA) is 50.8 Å². The van der Waals surface area contributed by atoms with Crippen molar-refractivity contribution in [1.29, 1.82) is 0 Å². The first-order valence-electron chi connectivity index (χ1n) is 9.07. The van der Waals surface area contributed by atoms with E-state index in [1.54, 1.807) is 24.3 Å². The van der Waals surface area contributed by atoms with E-state index in [2.05, 4.69) is 5.32 Å². The number of anilines is 2. The first kappa shape index (κ1) is 18.5. The van der Waals surface area contributed by atoms with Gasteiger partial charge < -0.3 is 19.7 Å². The van der Waals surface area contributed by atoms with Gasteiger partial charge in [-0.3, -0.25) is 4.79 Å². The molecule has 2 aliphatic heterocycles. The second-order valence-corrected chi connectivity index (χ2v) is 6.78. The number of alkyl halides is 3. The number of hydrogen-bond donors (Lipinski definition) is 1. The second-order valence-electron chi connectivity index (χ2n) is 6.78. The highest BCUT2D eigenvalue weighted by Crippen LogP contribution is 2.37. The van der Waals surface area contributed by atoms with Crippen molar-refractivity contribution in [1.82, 2.24) is 0 Å². The van der Waals surface area contributed by atoms with E-state index in [0.29, 0.717) is 17.2 Å². The molecule has 0 radical (unpaired) electrons. The normalized spacial score (nSPS) is 18.8. The number of amides is 1. The molecule has 0 aliphatic carbocycles. The maximum atomic E-state index is 13.2. The molecule has 0 bridgehead atoms. The number of para-hydroxylation sites is 2. The van der Waals surface area contributed by atoms with E-state index in [9.17, 15) is 18.0 Å². The molecule has 1 saturated heterocycles. The number of carbonyl (C=O) groups is 1. The van der Waals surface area contributed by atoms with Gasteiger partial charge in [0.05, 0.1) is 16.9 Å². The van der Waals surface area contributed by atoms with Crippen molar-refractivity contribution < 1.29 is 27.4 Å². The summed E-state index contributed by atoms with van der Waals surface area (Å²) in [6, 6.07) is 10.4. The maximum Gasteiger partial charge on any atom is 0.416 e. The van der Waals surface area contributed by atoms with Crippen molar-refractivity contribution in [2.75, 3.05) is 29.9 Å². The number of rotatable bonds is 3. The Bertz CT molecular complexity index is 879. The maximum absolute atomic E-state index is 13.2. The molecule has 2 aromatic carbocycles. The van der Waals surface area contributed by atoms with Crippen molar-refractivity contribution in [2.24, 2.45) is 0 Å². The van der Waals surface area contributed by atoms with Crippen LogP contribution in [0.4, 0.5) is 24.5 Å². The zero-order chi connectivity index (χ0) is 19.7. The van der Waals surface area contributed by atoms with Gasteiger partial charge in [0.1, 0.15) is 6.61 Å². The molecule has 2 heterocycles. The standard InChI is InChI=1S/C20H19F3N2O3/c21-20(22,23)13-7-8-15(25-9-3-4-10-25)14(11-13)24-19(26)18-12-27-16-5-1-2-6-17(16)28-18/h1-2,5-8,11,18H,3-4,9-10,12H2,(H,24,26)/t18-/m1/s1. The van der Waals surface area contributed by atoms with E-state index in [-0.39, 0.29) is 12.3 Å². The van der Waals surface area contributed by atoms with Gasteiger partial charge in [-0.05, 0) is 43.2 Å². The Labute approximate surface area is 160 Å². The molecule has 1 atom stereocenters. The Balaban J connectivity index is 1.58. The lowest BCUT2D eigenvalue weighted by molar-refractivity contribution is -0.137. The van der Waals surface area contributed by atoms with Crippen LogP contribution in [0.1, 0.15) is 18.4 Å². The monoisotopic (exact) mass is 392 g/mol. The Kier molecular flexibility index (Phi) is 4.78. The summed E-state index contributed by atoms with van der Waals surface area (Å²) in [5, 5.41) is 2.61. The predicted octanol–water partition coefficient (Wildman–Crippen LogP) is 4.08. The van der Waals surface area contributed by atoms with E-state index in [1.165, 1.54) is 6.07 Å². The van der Waals surface area contributed by atoms with Crippen molar-refractivity contribution in [3.8, 4) is 11.5 Å². The molecule has 1 N–H and O–H groups in total. The molecule has 0 saturated carbocycles. The average Bonchev–Trinajstić information content (AvgIpc) is 3.21. The fourth-order valence-corrected chi connectivity index (χ4v) is 3.41. The summed E-state index contributed by atoms with van der Waals surface area (Å²) in [7, 11) is 0. The number of carbonyl (C=O) groups excluding carboxylic acids is 1. The van der Waals surface area contributed by atoms with Crippen LogP contribution in [0.2, 0.25) is 0 Å². The second kappa shape index (κ2) is 7.26. The highest BCUT2D eigenvalue weighted by molar-refractivity contribution is 5.98. The number of ether oxygens (including phenoxy) is 2. The number of halogens is 3. The quantitative estimate of drug-likeness (QED) is 0.855. The molecular weight excluding hydrogens is 373 g/mol. The highest BCUT2D eigenvalue weighted by Gasteiger charge is 2.33. The van der Waals surface area contributed by atoms with Gasteiger partial charge in [0, 0.05) is 13.1 Å². The zero-order valence-electron chi connectivity index (χ0n) is 15.0. The first-order chi connectivity index (χ1) is 13.4. The minimum absolute atomic E-state index is 0.0130. The predicted molar refractivity (Wildman–Crippen MR) is 97.9 cm³/mol. The SMILES string of the molecule is O=C(Nc1cc(C(F)(F)F)ccc1N1CCCC1)[C@H]1COc2ccccc2O1. The summed E-state index contributed by atoms with van der Waals surface area (Å²) in [4.78, 5) is 14.7. The van der Waals surface area contributed by atoms with Crippen LogP contribution in [0.15, 0.2) is 42.5 Å². The molecule has 4 rings (SSSR count). The van der Waals surface area contributed by atoms with E-state index in [0.717, 1.165) is 38.1 Å². The van der Waals surface area contributed by atoms with Gasteiger partial charge in [-0.1, -0.05) is 12.1 Å². The molecular formula is C20H19F3N2O3. The Morgan fingerprint density at radius 3 is 2.50 bits per heavy atom. The van der Waals surface area contributed by atoms with Crippen molar-refractivity contribution >= 4 is 17.3 Å². The summed E-state index contributed by atoms with van der Waals surface area (Å²) in [6.45, 7) is 1.47. The number of fused-ring (bicyclic) bond motifs is 1. The van der Waals surface area contributed by atoms with Crippen LogP contribution in [0.5, 0.6) is 11.5 Å². The van der Waals surface area contributed by atoms with Crippen molar-refractivity contribution in [2.45, 2.75) is 25.1 Å². The molecule has 8 heteroatoms. The van der Waals surface area contributed by atoms with Crippen LogP contribution in [0, 0.1) is 0 Å². The third kappa shape index (κ3) is 3.72. The summed E-state index contributed by atoms with van der Waals surface area (Å²) in [6.07, 6.45) is -3.52. The van der Waals surface area contributed by atoms with Crippen LogP contribution in [0.25, 0.3) is 0 Å². The zero-order valence-corrected chi connectivity index (χ0v) is 15.0. The molecule has 0 aromatic heterocycles. The third-order valence-corrected chi connectivity index (χ3v) is 4.83. The fraction of sp³-hybridized carbons (Fsp3) is 0.350. The summed E-state index contributed by atoms with van der Waals surface area (Å²) < 4.78 is 50.7. The molecule has 0 unspecified atom stereocenters. The van der Waals surface area contributed by atoms with Gasteiger partial charge in [-0.25, -0.2) is 0 Å². The van der Waals surface area contributed by atoms with Crippen molar-refractivity contribution in [3.05, 3.63) is 48.0 Å². The number of benzene rings is 2. The molecule has 2 aromatic rings. The summed E-state index contributed by atoms with van der Waals surface area (Å²) in [5.74, 6) is 0.412. The lowest BCUT2D eigenvalue weighted by Gasteiger charge is -2.27. The molecule has 148 valence electrons. The molecule has 1 amide bonds. The van der Waals surface area contributed by atoms with Crippen LogP contribution < -0.4 is 19.7 Å². The molecule has 28 heavy (non-hydrogen) atoms. The first-order valence-corrected chi connectivity index (χ1v) is 9.07. The number of hydrogen-bond acceptors (Lipinski definition) is 4. The molecule has 0 spiro atoms. The smallest absolute Gasteiger partial charge is 0.416 e. The summed E-state index contributed by atoms with van der Waals surface area (Å²) >= 11 is 0. The average molecular weight is 392 g/mol. The van der Waals surface area contributed by atoms with E-state index < -0.39 is 23.8 Å². The number of nitrogens with one attached hydrogen (secondary N) is 1. The molecule has 5 nitrogen and oxygen atoms in total. The Hall–Kier alpha value is -2.90. The van der Waals surface area contributed by atoms with Crippen LogP contribution in [-0.2, 0) is 11.0 Å². The highest BCUT2D eigenvalue weighted by atomic mass is 19.4. The van der Waals surface area contributed by atoms with Gasteiger partial charge in [0.15, 0.2) is 11.5 Å². The van der Waals surface area contributed by atoms with Gasteiger partial charge in [0.25, 0.3) is 5.91 Å². The van der Waals surface area contributed by atoms with Crippen LogP contribution in [-0.4, -0.2) is 31.7 Å². The van der Waals surface area contributed by atoms with E-state index in [4.69, 9.17) is 9.47 Å². The fourth-order valence-electron chi connectivity index (χ4n) is 3.41. The number of nitrogens with zero attached hydrogens (tertiary/aromatic N) is 1. The van der Waals surface area contributed by atoms with Gasteiger partial charge in [-0.15, -0.1) is 0 Å². The molecule has 2 aliphatic rings. The van der Waals surface area contributed by atoms with Crippen LogP contribution in [0.3, 0.4) is 0 Å². The molecule has 1 fully saturated rings. The van der Waals surface area contributed by atoms with E-state index >= 15 is 0 Å². The summed E-state index contributed by atoms with van der Waals surface area (Å²) in [5.41, 5.74) is -0.0999. The van der Waals surface area contributed by atoms with Gasteiger partial charge >= 0.3 is 6.18 Å². The third-order valence-electron chi connectivity index (χ3n) is 4.83. The Morgan fingerprint density at radius 2 is 1.79 bits per heavy atom. The van der Waals surface area contributed by atoms with Gasteiger partial charge in [-0.2, -0.15) is 13.2 Å². The minimum atomic E-state index is -4.49. The van der Waals surface area contributed by atoms with E-state index in [1.807, 2.05) is 4.90 Å². The lowest BCUT2D eigenvalue weighted by atomic mass is 10.1. The minimum Gasteiger partial charge on any atom is -0.485 e. The Morgan fingerprint density at radius 1 is 1.07 bits per heavy atom. The lowest BCUT2D eigenvalue weighted by Crippen LogP contribution is -2.40. The largest absolute Gasteiger partial charge is 0.485 e. The van der Waals surface area contributed by atoms with Gasteiger partial charge in [0.2, 0.25) is 6.10 Å². The van der Waals surface area contributed by atoms with Crippen LogP contribution >= 0.6 is 0 Å². The van der Waals surface area contributed by atoms with Crippen molar-refractivity contribution in [3.63, 3.8) is 0 Å².